The zero-order valence-corrected chi connectivity index (χ0v) is 7.22. The lowest BCUT2D eigenvalue weighted by atomic mass is 10.1. The molecule has 2 heterocycles. The van der Waals surface area contributed by atoms with Crippen LogP contribution in [0.3, 0.4) is 0 Å². The van der Waals surface area contributed by atoms with Gasteiger partial charge in [-0.05, 0) is 24.6 Å². The molecule has 2 nitrogen and oxygen atoms in total. The van der Waals surface area contributed by atoms with Gasteiger partial charge in [0.05, 0.1) is 5.69 Å². The van der Waals surface area contributed by atoms with Gasteiger partial charge in [-0.25, -0.2) is 0 Å². The topological polar surface area (TPSA) is 25.2 Å². The van der Waals surface area contributed by atoms with Crippen molar-refractivity contribution in [1.29, 1.82) is 0 Å². The number of aliphatic imine (C=N–C) groups is 1. The molecule has 1 fully saturated rings. The highest BCUT2D eigenvalue weighted by atomic mass is 15.0. The summed E-state index contributed by atoms with van der Waals surface area (Å²) in [6, 6.07) is 6.04. The van der Waals surface area contributed by atoms with Gasteiger partial charge in [-0.3, -0.25) is 9.98 Å². The van der Waals surface area contributed by atoms with Gasteiger partial charge in [0.1, 0.15) is 5.54 Å². The maximum absolute atomic E-state index is 4.53. The molecule has 1 saturated carbocycles. The Morgan fingerprint density at radius 3 is 3.15 bits per heavy atom. The minimum absolute atomic E-state index is 0.00993. The molecule has 2 heteroatoms. The van der Waals surface area contributed by atoms with E-state index in [0.717, 1.165) is 12.1 Å². The van der Waals surface area contributed by atoms with Gasteiger partial charge in [-0.15, -0.1) is 0 Å². The number of hydrogen-bond donors (Lipinski definition) is 0. The molecule has 64 valence electrons. The van der Waals surface area contributed by atoms with Gasteiger partial charge in [-0.1, -0.05) is 12.1 Å². The number of hydrogen-bond acceptors (Lipinski definition) is 2. The second-order valence-corrected chi connectivity index (χ2v) is 3.61. The molecule has 3 rings (SSSR count). The zero-order chi connectivity index (χ0) is 8.73. The van der Waals surface area contributed by atoms with Gasteiger partial charge >= 0.3 is 0 Å². The number of dihydropyridines is 1. The smallest absolute Gasteiger partial charge is 0.109 e. The average molecular weight is 170 g/mol. The Morgan fingerprint density at radius 2 is 2.38 bits per heavy atom. The Bertz CT molecular complexity index is 380. The lowest BCUT2D eigenvalue weighted by Crippen LogP contribution is -2.10. The minimum atomic E-state index is 0.00993. The fourth-order valence-corrected chi connectivity index (χ4v) is 1.99. The van der Waals surface area contributed by atoms with Crippen molar-refractivity contribution >= 4 is 6.21 Å². The quantitative estimate of drug-likeness (QED) is 0.632. The summed E-state index contributed by atoms with van der Waals surface area (Å²) in [5.41, 5.74) is 1.12. The molecule has 0 amide bonds. The molecule has 1 aromatic heterocycles. The van der Waals surface area contributed by atoms with Crippen molar-refractivity contribution in [3.8, 4) is 0 Å². The lowest BCUT2D eigenvalue weighted by Gasteiger charge is -2.11. The van der Waals surface area contributed by atoms with E-state index in [-0.39, 0.29) is 5.54 Å². The summed E-state index contributed by atoms with van der Waals surface area (Å²) < 4.78 is 0. The summed E-state index contributed by atoms with van der Waals surface area (Å²) in [5, 5.41) is 0. The Morgan fingerprint density at radius 1 is 1.38 bits per heavy atom. The maximum Gasteiger partial charge on any atom is 0.109 e. The van der Waals surface area contributed by atoms with Crippen molar-refractivity contribution in [1.82, 2.24) is 4.98 Å². The van der Waals surface area contributed by atoms with E-state index >= 15 is 0 Å². The van der Waals surface area contributed by atoms with E-state index in [4.69, 9.17) is 0 Å². The van der Waals surface area contributed by atoms with E-state index in [9.17, 15) is 0 Å². The standard InChI is InChI=1S/C11H10N2/c1-2-6-12-10(5-1)11-8-9(11)4-3-7-13-11/h1-7,9H,8H2. The molecule has 2 aliphatic rings. The van der Waals surface area contributed by atoms with E-state index in [1.54, 1.807) is 0 Å². The van der Waals surface area contributed by atoms with Crippen molar-refractivity contribution < 1.29 is 0 Å². The average Bonchev–Trinajstić information content (AvgIpc) is 2.94. The van der Waals surface area contributed by atoms with Crippen LogP contribution in [0.4, 0.5) is 0 Å². The first kappa shape index (κ1) is 7.01. The third-order valence-corrected chi connectivity index (χ3v) is 2.83. The van der Waals surface area contributed by atoms with Crippen LogP contribution in [-0.4, -0.2) is 11.2 Å². The van der Waals surface area contributed by atoms with E-state index in [1.807, 2.05) is 30.6 Å². The maximum atomic E-state index is 4.53. The zero-order valence-electron chi connectivity index (χ0n) is 7.22. The first-order chi connectivity index (χ1) is 6.42. The third-order valence-electron chi connectivity index (χ3n) is 2.83. The first-order valence-electron chi connectivity index (χ1n) is 4.55. The van der Waals surface area contributed by atoms with Crippen LogP contribution in [0.2, 0.25) is 0 Å². The van der Waals surface area contributed by atoms with Crippen LogP contribution in [0.15, 0.2) is 41.5 Å². The summed E-state index contributed by atoms with van der Waals surface area (Å²) >= 11 is 0. The van der Waals surface area contributed by atoms with E-state index in [2.05, 4.69) is 22.1 Å². The van der Waals surface area contributed by atoms with Crippen LogP contribution >= 0.6 is 0 Å². The van der Waals surface area contributed by atoms with Gasteiger partial charge in [-0.2, -0.15) is 0 Å². The molecule has 0 saturated heterocycles. The Hall–Kier alpha value is -1.44. The molecule has 1 aromatic rings. The summed E-state index contributed by atoms with van der Waals surface area (Å²) in [4.78, 5) is 8.90. The molecule has 0 spiro atoms. The number of nitrogens with zero attached hydrogens (tertiary/aromatic N) is 2. The van der Waals surface area contributed by atoms with E-state index < -0.39 is 0 Å². The fourth-order valence-electron chi connectivity index (χ4n) is 1.99. The molecule has 1 aliphatic carbocycles. The molecule has 2 atom stereocenters. The van der Waals surface area contributed by atoms with Gasteiger partial charge in [0.2, 0.25) is 0 Å². The predicted octanol–water partition coefficient (Wildman–Crippen LogP) is 1.94. The van der Waals surface area contributed by atoms with E-state index in [1.165, 1.54) is 0 Å². The van der Waals surface area contributed by atoms with Gasteiger partial charge in [0, 0.05) is 18.3 Å². The molecule has 0 radical (unpaired) electrons. The number of allylic oxidation sites excluding steroid dienone is 1. The number of aromatic nitrogens is 1. The Labute approximate surface area is 77.0 Å². The molecular formula is C11H10N2. The number of rotatable bonds is 1. The summed E-state index contributed by atoms with van der Waals surface area (Å²) in [6.07, 6.45) is 9.10. The third kappa shape index (κ3) is 0.886. The largest absolute Gasteiger partial charge is 0.280 e. The number of fused-ring (bicyclic) bond motifs is 1. The van der Waals surface area contributed by atoms with Crippen LogP contribution < -0.4 is 0 Å². The first-order valence-corrected chi connectivity index (χ1v) is 4.55. The highest BCUT2D eigenvalue weighted by molar-refractivity contribution is 5.74. The highest BCUT2D eigenvalue weighted by Crippen LogP contribution is 2.56. The summed E-state index contributed by atoms with van der Waals surface area (Å²) in [7, 11) is 0. The fraction of sp³-hybridized carbons (Fsp3) is 0.273. The molecule has 0 aromatic carbocycles. The second kappa shape index (κ2) is 2.28. The Kier molecular flexibility index (Phi) is 1.23. The molecule has 2 unspecified atom stereocenters. The van der Waals surface area contributed by atoms with Crippen LogP contribution in [0.25, 0.3) is 0 Å². The van der Waals surface area contributed by atoms with Gasteiger partial charge in [0.15, 0.2) is 0 Å². The summed E-state index contributed by atoms with van der Waals surface area (Å²) in [6.45, 7) is 0. The van der Waals surface area contributed by atoms with Crippen LogP contribution in [-0.2, 0) is 5.54 Å². The monoisotopic (exact) mass is 170 g/mol. The summed E-state index contributed by atoms with van der Waals surface area (Å²) in [5.74, 6) is 0.590. The van der Waals surface area contributed by atoms with E-state index in [0.29, 0.717) is 5.92 Å². The molecular weight excluding hydrogens is 160 g/mol. The highest BCUT2D eigenvalue weighted by Gasteiger charge is 2.55. The molecule has 0 N–H and O–H groups in total. The van der Waals surface area contributed by atoms with Crippen LogP contribution in [0.5, 0.6) is 0 Å². The predicted molar refractivity (Wildman–Crippen MR) is 51.7 cm³/mol. The van der Waals surface area contributed by atoms with Gasteiger partial charge < -0.3 is 0 Å². The minimum Gasteiger partial charge on any atom is -0.280 e. The van der Waals surface area contributed by atoms with Gasteiger partial charge in [0.25, 0.3) is 0 Å². The van der Waals surface area contributed by atoms with Crippen molar-refractivity contribution in [2.24, 2.45) is 10.9 Å². The molecule has 1 aliphatic heterocycles. The second-order valence-electron chi connectivity index (χ2n) is 3.61. The van der Waals surface area contributed by atoms with Crippen LogP contribution in [0, 0.1) is 5.92 Å². The lowest BCUT2D eigenvalue weighted by molar-refractivity contribution is 0.669. The van der Waals surface area contributed by atoms with Crippen molar-refractivity contribution in [2.75, 3.05) is 0 Å². The van der Waals surface area contributed by atoms with Crippen molar-refractivity contribution in [3.63, 3.8) is 0 Å². The normalized spacial score (nSPS) is 34.3. The van der Waals surface area contributed by atoms with Crippen molar-refractivity contribution in [3.05, 3.63) is 42.2 Å². The van der Waals surface area contributed by atoms with Crippen LogP contribution in [0.1, 0.15) is 12.1 Å². The SMILES string of the molecule is C1=CC2CC2(c2ccccn2)N=C1. The molecule has 0 bridgehead atoms. The van der Waals surface area contributed by atoms with Crippen molar-refractivity contribution in [2.45, 2.75) is 12.0 Å². The number of pyridine rings is 1. The Balaban J connectivity index is 2.04. The molecule has 13 heavy (non-hydrogen) atoms.